The highest BCUT2D eigenvalue weighted by molar-refractivity contribution is 7.22. The Balaban J connectivity index is 0.661. The molecule has 0 amide bonds. The van der Waals surface area contributed by atoms with Gasteiger partial charge in [0, 0.05) is 78.2 Å². The summed E-state index contributed by atoms with van der Waals surface area (Å²) >= 11 is 3.32. The molecule has 0 saturated heterocycles. The van der Waals surface area contributed by atoms with Crippen molar-refractivity contribution in [2.45, 2.75) is 0 Å². The number of hydrogen-bond acceptors (Lipinski definition) is 12. The molecule has 0 aliphatic rings. The van der Waals surface area contributed by atoms with Crippen molar-refractivity contribution in [3.63, 3.8) is 0 Å². The lowest BCUT2D eigenvalue weighted by Crippen LogP contribution is -2.00. The smallest absolute Gasteiger partial charge is 0.164 e. The predicted molar refractivity (Wildman–Crippen MR) is 366 cm³/mol. The molecule has 0 bridgehead atoms. The Hall–Kier alpha value is -11.7. The van der Waals surface area contributed by atoms with Gasteiger partial charge < -0.3 is 8.83 Å². The molecule has 0 atom stereocenters. The first-order valence-electron chi connectivity index (χ1n) is 29.5. The minimum atomic E-state index is 0.550. The van der Waals surface area contributed by atoms with Crippen LogP contribution in [0.5, 0.6) is 0 Å². The van der Waals surface area contributed by atoms with Gasteiger partial charge in [0.15, 0.2) is 34.9 Å². The standard InChI is InChI=1S/C78H44N8O2S2/c1-5-15-45(16-6-1)46-27-30-50(31-28-46)73-81-71(48-17-7-2-8-18-48)83-75(85-73)54-33-35-59-62-42-64-70(44-68(62)88-65(59)39-54)90-78(80-64)56-25-13-24-52(37-56)57-26-14-23-47-29-32-53(38-60(47)57)74-82-72(49-19-9-3-10-20-49)84-76(86-74)55-34-36-58-61-41-63-69(43-67(61)87-66(58)40-55)89-77(79-63)51-21-11-4-12-22-51/h1-44H. The zero-order valence-corrected chi connectivity index (χ0v) is 49.2. The highest BCUT2D eigenvalue weighted by Gasteiger charge is 2.21. The molecule has 6 heterocycles. The first kappa shape index (κ1) is 51.5. The second kappa shape index (κ2) is 21.0. The number of hydrogen-bond donors (Lipinski definition) is 0. The molecule has 6 aromatic heterocycles. The summed E-state index contributed by atoms with van der Waals surface area (Å²) in [7, 11) is 0. The molecule has 10 nitrogen and oxygen atoms in total. The van der Waals surface area contributed by atoms with Crippen LogP contribution in [0.1, 0.15) is 0 Å². The fraction of sp³-hybridized carbons (Fsp3) is 0. The van der Waals surface area contributed by atoms with Gasteiger partial charge in [-0.05, 0) is 81.6 Å². The van der Waals surface area contributed by atoms with Crippen LogP contribution in [0.3, 0.4) is 0 Å². The van der Waals surface area contributed by atoms with E-state index in [4.69, 9.17) is 48.7 Å². The number of fused-ring (bicyclic) bond motifs is 9. The summed E-state index contributed by atoms with van der Waals surface area (Å²) in [6.07, 6.45) is 0. The summed E-state index contributed by atoms with van der Waals surface area (Å²) in [5.41, 5.74) is 16.7. The van der Waals surface area contributed by atoms with Crippen LogP contribution in [0, 0.1) is 0 Å². The Morgan fingerprint density at radius 3 is 1.13 bits per heavy atom. The number of nitrogens with zero attached hydrogens (tertiary/aromatic N) is 8. The lowest BCUT2D eigenvalue weighted by atomic mass is 9.95. The molecule has 18 rings (SSSR count). The monoisotopic (exact) mass is 1190 g/mol. The molecule has 0 fully saturated rings. The Kier molecular flexibility index (Phi) is 12.0. The van der Waals surface area contributed by atoms with Gasteiger partial charge >= 0.3 is 0 Å². The quantitative estimate of drug-likeness (QED) is 0.130. The van der Waals surface area contributed by atoms with E-state index in [2.05, 4.69) is 170 Å². The van der Waals surface area contributed by atoms with Gasteiger partial charge in [0.1, 0.15) is 32.3 Å². The molecule has 0 N–H and O–H groups in total. The summed E-state index contributed by atoms with van der Waals surface area (Å²) in [5.74, 6) is 3.46. The van der Waals surface area contributed by atoms with Gasteiger partial charge in [-0.25, -0.2) is 39.9 Å². The number of rotatable bonds is 10. The van der Waals surface area contributed by atoms with Crippen LogP contribution in [0.25, 0.3) is 187 Å². The Labute approximate surface area is 521 Å². The van der Waals surface area contributed by atoms with Crippen molar-refractivity contribution in [1.29, 1.82) is 0 Å². The average Bonchev–Trinajstić information content (AvgIpc) is 2.18. The van der Waals surface area contributed by atoms with Crippen molar-refractivity contribution in [2.24, 2.45) is 0 Å². The Bertz CT molecular complexity index is 5850. The molecular formula is C78H44N8O2S2. The maximum Gasteiger partial charge on any atom is 0.164 e. The van der Waals surface area contributed by atoms with Crippen LogP contribution in [-0.4, -0.2) is 39.9 Å². The molecule has 18 aromatic rings. The van der Waals surface area contributed by atoms with E-state index in [1.807, 2.05) is 97.1 Å². The molecule has 0 unspecified atom stereocenters. The third-order valence-electron chi connectivity index (χ3n) is 16.6. The Morgan fingerprint density at radius 1 is 0.222 bits per heavy atom. The maximum absolute atomic E-state index is 6.68. The first-order valence-corrected chi connectivity index (χ1v) is 31.1. The van der Waals surface area contributed by atoms with Crippen LogP contribution < -0.4 is 0 Å². The fourth-order valence-electron chi connectivity index (χ4n) is 12.1. The third kappa shape index (κ3) is 9.16. The first-order chi connectivity index (χ1) is 44.5. The summed E-state index contributed by atoms with van der Waals surface area (Å²) in [4.78, 5) is 40.8. The van der Waals surface area contributed by atoms with Crippen molar-refractivity contribution >= 4 is 97.8 Å². The van der Waals surface area contributed by atoms with Gasteiger partial charge in [0.2, 0.25) is 0 Å². The number of aromatic nitrogens is 8. The van der Waals surface area contributed by atoms with Crippen LogP contribution in [0.4, 0.5) is 0 Å². The highest BCUT2D eigenvalue weighted by Crippen LogP contribution is 2.42. The van der Waals surface area contributed by atoms with Gasteiger partial charge in [0.25, 0.3) is 0 Å². The molecule has 420 valence electrons. The van der Waals surface area contributed by atoms with E-state index in [0.29, 0.717) is 34.9 Å². The van der Waals surface area contributed by atoms with E-state index in [0.717, 1.165) is 152 Å². The van der Waals surface area contributed by atoms with Crippen molar-refractivity contribution in [2.75, 3.05) is 0 Å². The zero-order chi connectivity index (χ0) is 59.2. The molecule has 90 heavy (non-hydrogen) atoms. The summed E-state index contributed by atoms with van der Waals surface area (Å²) in [6, 6.07) is 91.6. The minimum Gasteiger partial charge on any atom is -0.456 e. The number of benzene rings is 12. The zero-order valence-electron chi connectivity index (χ0n) is 47.6. The van der Waals surface area contributed by atoms with Crippen LogP contribution >= 0.6 is 22.7 Å². The maximum atomic E-state index is 6.68. The molecule has 0 aliphatic carbocycles. The number of furan rings is 2. The third-order valence-corrected chi connectivity index (χ3v) is 18.8. The molecule has 0 saturated carbocycles. The van der Waals surface area contributed by atoms with Gasteiger partial charge in [0.05, 0.1) is 20.4 Å². The highest BCUT2D eigenvalue weighted by atomic mass is 32.1. The topological polar surface area (TPSA) is 129 Å². The normalized spacial score (nSPS) is 11.8. The molecule has 0 spiro atoms. The molecular weight excluding hydrogens is 1150 g/mol. The van der Waals surface area contributed by atoms with Crippen molar-refractivity contribution in [3.05, 3.63) is 267 Å². The van der Waals surface area contributed by atoms with E-state index in [-0.39, 0.29) is 0 Å². The van der Waals surface area contributed by atoms with Gasteiger partial charge in [-0.1, -0.05) is 206 Å². The molecule has 0 radical (unpaired) electrons. The van der Waals surface area contributed by atoms with E-state index >= 15 is 0 Å². The Morgan fingerprint density at radius 2 is 0.600 bits per heavy atom. The predicted octanol–water partition coefficient (Wildman–Crippen LogP) is 20.9. The lowest BCUT2D eigenvalue weighted by molar-refractivity contribution is 0.669. The lowest BCUT2D eigenvalue weighted by Gasteiger charge is -2.11. The minimum absolute atomic E-state index is 0.550. The van der Waals surface area contributed by atoms with Gasteiger partial charge in [-0.3, -0.25) is 0 Å². The van der Waals surface area contributed by atoms with Gasteiger partial charge in [-0.15, -0.1) is 22.7 Å². The molecule has 12 heteroatoms. The van der Waals surface area contributed by atoms with Crippen LogP contribution in [0.15, 0.2) is 276 Å². The van der Waals surface area contributed by atoms with E-state index in [9.17, 15) is 0 Å². The summed E-state index contributed by atoms with van der Waals surface area (Å²) in [5, 5.41) is 8.08. The second-order valence-corrected chi connectivity index (χ2v) is 24.3. The van der Waals surface area contributed by atoms with E-state index in [1.54, 1.807) is 22.7 Å². The largest absolute Gasteiger partial charge is 0.456 e. The molecule has 12 aromatic carbocycles. The van der Waals surface area contributed by atoms with E-state index in [1.165, 1.54) is 0 Å². The molecule has 0 aliphatic heterocycles. The average molecular weight is 1190 g/mol. The van der Waals surface area contributed by atoms with Gasteiger partial charge in [-0.2, -0.15) is 0 Å². The van der Waals surface area contributed by atoms with Crippen molar-refractivity contribution < 1.29 is 8.83 Å². The number of thiazole rings is 2. The fourth-order valence-corrected chi connectivity index (χ4v) is 14.1. The van der Waals surface area contributed by atoms with Crippen LogP contribution in [0.2, 0.25) is 0 Å². The summed E-state index contributed by atoms with van der Waals surface area (Å²) < 4.78 is 15.4. The van der Waals surface area contributed by atoms with Crippen molar-refractivity contribution in [1.82, 2.24) is 39.9 Å². The van der Waals surface area contributed by atoms with Crippen molar-refractivity contribution in [3.8, 4) is 112 Å². The second-order valence-electron chi connectivity index (χ2n) is 22.3. The van der Waals surface area contributed by atoms with Crippen LogP contribution in [-0.2, 0) is 0 Å². The summed E-state index contributed by atoms with van der Waals surface area (Å²) in [6.45, 7) is 0. The van der Waals surface area contributed by atoms with E-state index < -0.39 is 0 Å². The SMILES string of the molecule is c1ccc(-c2ccc(-c3nc(-c4ccccc4)nc(-c4ccc5c(c4)oc4cc6sc(-c7cccc(-c8cccc9ccc(-c%10nc(-c%11ccccc%11)nc(-c%11ccc%12c(c%11)oc%11cc%13sc(-c%14ccccc%14)nc%13cc%11%12)n%10)cc89)c7)nc6cc45)n3)cc2)cc1.